The van der Waals surface area contributed by atoms with Crippen LogP contribution in [-0.2, 0) is 0 Å². The van der Waals surface area contributed by atoms with Crippen molar-refractivity contribution in [1.29, 1.82) is 0 Å². The maximum absolute atomic E-state index is 11.9. The number of carbonyl (C=O) groups is 2. The van der Waals surface area contributed by atoms with E-state index in [-0.39, 0.29) is 17.6 Å². The topological polar surface area (TPSA) is 59.1 Å². The highest BCUT2D eigenvalue weighted by atomic mass is 16.1. The molecule has 1 heterocycles. The van der Waals surface area contributed by atoms with Gasteiger partial charge in [0.2, 0.25) is 0 Å². The number of pyridine rings is 1. The summed E-state index contributed by atoms with van der Waals surface area (Å²) < 4.78 is 0. The van der Waals surface area contributed by atoms with Crippen LogP contribution in [0.1, 0.15) is 33.6 Å². The van der Waals surface area contributed by atoms with Crippen molar-refractivity contribution < 1.29 is 9.59 Å². The Morgan fingerprint density at radius 2 is 1.60 bits per heavy atom. The van der Waals surface area contributed by atoms with E-state index in [2.05, 4.69) is 10.3 Å². The average molecular weight is 266 g/mol. The monoisotopic (exact) mass is 266 g/mol. The number of rotatable bonds is 4. The van der Waals surface area contributed by atoms with Crippen molar-refractivity contribution >= 4 is 17.4 Å². The number of aromatic nitrogens is 1. The molecule has 100 valence electrons. The largest absolute Gasteiger partial charge is 0.322 e. The van der Waals surface area contributed by atoms with Crippen LogP contribution in [0.4, 0.5) is 5.69 Å². The van der Waals surface area contributed by atoms with Gasteiger partial charge in [-0.2, -0.15) is 0 Å². The molecule has 1 saturated carbocycles. The number of nitrogens with zero attached hydrogens (tertiary/aromatic N) is 1. The molecule has 0 spiro atoms. The van der Waals surface area contributed by atoms with Crippen molar-refractivity contribution in [1.82, 2.24) is 4.98 Å². The Morgan fingerprint density at radius 1 is 0.950 bits per heavy atom. The van der Waals surface area contributed by atoms with Crippen LogP contribution in [0.3, 0.4) is 0 Å². The molecule has 1 fully saturated rings. The Hall–Kier alpha value is -2.49. The summed E-state index contributed by atoms with van der Waals surface area (Å²) in [5.41, 5.74) is 1.95. The second-order valence-corrected chi connectivity index (χ2v) is 4.91. The SMILES string of the molecule is O=C(Nc1ccc(C(=O)C2CC2)cc1)c1ccncc1. The smallest absolute Gasteiger partial charge is 0.255 e. The van der Waals surface area contributed by atoms with Crippen LogP contribution in [0, 0.1) is 5.92 Å². The molecular formula is C16H14N2O2. The second-order valence-electron chi connectivity index (χ2n) is 4.91. The predicted molar refractivity (Wildman–Crippen MR) is 75.7 cm³/mol. The van der Waals surface area contributed by atoms with Crippen LogP contribution < -0.4 is 5.32 Å². The van der Waals surface area contributed by atoms with Gasteiger partial charge in [-0.05, 0) is 49.2 Å². The number of anilines is 1. The summed E-state index contributed by atoms with van der Waals surface area (Å²) in [6, 6.07) is 10.4. The van der Waals surface area contributed by atoms with E-state index in [0.717, 1.165) is 18.4 Å². The van der Waals surface area contributed by atoms with Crippen molar-refractivity contribution in [3.8, 4) is 0 Å². The highest BCUT2D eigenvalue weighted by Gasteiger charge is 2.30. The van der Waals surface area contributed by atoms with Crippen molar-refractivity contribution in [2.24, 2.45) is 5.92 Å². The molecule has 20 heavy (non-hydrogen) atoms. The molecule has 4 nitrogen and oxygen atoms in total. The van der Waals surface area contributed by atoms with Gasteiger partial charge >= 0.3 is 0 Å². The minimum Gasteiger partial charge on any atom is -0.322 e. The van der Waals surface area contributed by atoms with Crippen LogP contribution in [-0.4, -0.2) is 16.7 Å². The number of ketones is 1. The van der Waals surface area contributed by atoms with Crippen LogP contribution in [0.2, 0.25) is 0 Å². The van der Waals surface area contributed by atoms with E-state index < -0.39 is 0 Å². The van der Waals surface area contributed by atoms with E-state index in [4.69, 9.17) is 0 Å². The summed E-state index contributed by atoms with van der Waals surface area (Å²) >= 11 is 0. The third-order valence-corrected chi connectivity index (χ3v) is 3.32. The summed E-state index contributed by atoms with van der Waals surface area (Å²) in [6.45, 7) is 0. The number of Topliss-reactive ketones (excluding diaryl/α,β-unsaturated/α-hetero) is 1. The zero-order valence-electron chi connectivity index (χ0n) is 10.9. The van der Waals surface area contributed by atoms with E-state index in [1.54, 1.807) is 48.8 Å². The molecule has 1 amide bonds. The van der Waals surface area contributed by atoms with E-state index in [9.17, 15) is 9.59 Å². The molecule has 1 aliphatic rings. The Morgan fingerprint density at radius 3 is 2.20 bits per heavy atom. The quantitative estimate of drug-likeness (QED) is 0.865. The van der Waals surface area contributed by atoms with E-state index >= 15 is 0 Å². The first-order chi connectivity index (χ1) is 9.74. The maximum atomic E-state index is 11.9. The summed E-state index contributed by atoms with van der Waals surface area (Å²) in [5.74, 6) is 0.234. The minimum atomic E-state index is -0.186. The molecule has 0 radical (unpaired) electrons. The fraction of sp³-hybridized carbons (Fsp3) is 0.188. The van der Waals surface area contributed by atoms with Gasteiger partial charge < -0.3 is 5.32 Å². The standard InChI is InChI=1S/C16H14N2O2/c19-15(11-1-2-11)12-3-5-14(6-4-12)18-16(20)13-7-9-17-10-8-13/h3-11H,1-2H2,(H,18,20). The number of nitrogens with one attached hydrogen (secondary N) is 1. The van der Waals surface area contributed by atoms with Crippen LogP contribution in [0.15, 0.2) is 48.8 Å². The fourth-order valence-electron chi connectivity index (χ4n) is 2.01. The third kappa shape index (κ3) is 2.74. The first kappa shape index (κ1) is 12.5. The lowest BCUT2D eigenvalue weighted by Gasteiger charge is -2.06. The predicted octanol–water partition coefficient (Wildman–Crippen LogP) is 2.93. The maximum Gasteiger partial charge on any atom is 0.255 e. The number of hydrogen-bond acceptors (Lipinski definition) is 3. The van der Waals surface area contributed by atoms with Gasteiger partial charge in [0.1, 0.15) is 0 Å². The summed E-state index contributed by atoms with van der Waals surface area (Å²) in [4.78, 5) is 27.7. The van der Waals surface area contributed by atoms with E-state index in [1.165, 1.54) is 0 Å². The Kier molecular flexibility index (Phi) is 3.29. The van der Waals surface area contributed by atoms with Gasteiger partial charge in [0.25, 0.3) is 5.91 Å². The highest BCUT2D eigenvalue weighted by molar-refractivity contribution is 6.04. The number of amides is 1. The summed E-state index contributed by atoms with van der Waals surface area (Å²) in [7, 11) is 0. The summed E-state index contributed by atoms with van der Waals surface area (Å²) in [6.07, 6.45) is 5.15. The minimum absolute atomic E-state index is 0.186. The van der Waals surface area contributed by atoms with Crippen LogP contribution >= 0.6 is 0 Å². The zero-order valence-corrected chi connectivity index (χ0v) is 10.9. The molecule has 0 atom stereocenters. The van der Waals surface area contributed by atoms with Gasteiger partial charge in [0.05, 0.1) is 0 Å². The normalized spacial score (nSPS) is 13.8. The van der Waals surface area contributed by atoms with Gasteiger partial charge in [0, 0.05) is 35.1 Å². The Balaban J connectivity index is 1.69. The zero-order chi connectivity index (χ0) is 13.9. The van der Waals surface area contributed by atoms with Crippen LogP contribution in [0.5, 0.6) is 0 Å². The molecule has 1 aromatic carbocycles. The number of hydrogen-bond donors (Lipinski definition) is 1. The first-order valence-electron chi connectivity index (χ1n) is 6.60. The molecule has 0 unspecified atom stereocenters. The average Bonchev–Trinajstić information content (AvgIpc) is 3.33. The molecule has 0 aliphatic heterocycles. The van der Waals surface area contributed by atoms with Gasteiger partial charge in [0.15, 0.2) is 5.78 Å². The molecule has 4 heteroatoms. The van der Waals surface area contributed by atoms with E-state index in [1.807, 2.05) is 0 Å². The molecule has 1 aliphatic carbocycles. The number of carbonyl (C=O) groups excluding carboxylic acids is 2. The van der Waals surface area contributed by atoms with Gasteiger partial charge in [-0.1, -0.05) is 0 Å². The van der Waals surface area contributed by atoms with E-state index in [0.29, 0.717) is 11.3 Å². The van der Waals surface area contributed by atoms with Crippen molar-refractivity contribution in [2.75, 3.05) is 5.32 Å². The van der Waals surface area contributed by atoms with Crippen molar-refractivity contribution in [2.45, 2.75) is 12.8 Å². The molecule has 2 aromatic rings. The molecule has 0 bridgehead atoms. The lowest BCUT2D eigenvalue weighted by Crippen LogP contribution is -2.12. The number of benzene rings is 1. The third-order valence-electron chi connectivity index (χ3n) is 3.32. The molecule has 1 aromatic heterocycles. The van der Waals surface area contributed by atoms with Crippen molar-refractivity contribution in [3.63, 3.8) is 0 Å². The van der Waals surface area contributed by atoms with Gasteiger partial charge in [-0.3, -0.25) is 14.6 Å². The van der Waals surface area contributed by atoms with Crippen LogP contribution in [0.25, 0.3) is 0 Å². The molecular weight excluding hydrogens is 252 g/mol. The molecule has 0 saturated heterocycles. The van der Waals surface area contributed by atoms with Gasteiger partial charge in [-0.15, -0.1) is 0 Å². The molecule has 3 rings (SSSR count). The fourth-order valence-corrected chi connectivity index (χ4v) is 2.01. The Bertz CT molecular complexity index is 631. The Labute approximate surface area is 116 Å². The molecule has 1 N–H and O–H groups in total. The summed E-state index contributed by atoms with van der Waals surface area (Å²) in [5, 5.41) is 2.79. The van der Waals surface area contributed by atoms with Gasteiger partial charge in [-0.25, -0.2) is 0 Å². The lowest BCUT2D eigenvalue weighted by molar-refractivity contribution is 0.0967. The highest BCUT2D eigenvalue weighted by Crippen LogP contribution is 2.32. The lowest BCUT2D eigenvalue weighted by atomic mass is 10.1. The van der Waals surface area contributed by atoms with Crippen molar-refractivity contribution in [3.05, 3.63) is 59.9 Å². The second kappa shape index (κ2) is 5.25. The first-order valence-corrected chi connectivity index (χ1v) is 6.60.